The number of esters is 2. The molecule has 0 unspecified atom stereocenters. The third-order valence-corrected chi connectivity index (χ3v) is 7.66. The molecule has 2 fully saturated rings. The van der Waals surface area contributed by atoms with Crippen LogP contribution in [0.15, 0.2) is 9.98 Å². The quantitative estimate of drug-likeness (QED) is 0.237. The van der Waals surface area contributed by atoms with E-state index in [1.54, 1.807) is 13.8 Å². The molecule has 0 spiro atoms. The number of nitrogens with zero attached hydrogens (tertiary/aromatic N) is 5. The van der Waals surface area contributed by atoms with Crippen LogP contribution in [0.3, 0.4) is 0 Å². The number of piperidine rings is 2. The molecule has 0 bridgehead atoms. The largest absolute Gasteiger partial charge is 0.461 e. The molecule has 45 heavy (non-hydrogen) atoms. The monoisotopic (exact) mass is 628 g/mol. The summed E-state index contributed by atoms with van der Waals surface area (Å²) in [5.41, 5.74) is -0.833. The molecule has 2 saturated heterocycles. The van der Waals surface area contributed by atoms with Crippen molar-refractivity contribution in [3.05, 3.63) is 0 Å². The predicted molar refractivity (Wildman–Crippen MR) is 179 cm³/mol. The molecular formula is C33H56N8O4. The average molecular weight is 629 g/mol. The van der Waals surface area contributed by atoms with Crippen molar-refractivity contribution in [2.75, 3.05) is 18.5 Å². The number of aliphatic imine (C=N–C) groups is 2. The second-order valence-electron chi connectivity index (χ2n) is 16.1. The number of hydrogen-bond donors (Lipinski definition) is 3. The second kappa shape index (κ2) is 13.4. The van der Waals surface area contributed by atoms with Crippen molar-refractivity contribution in [2.24, 2.45) is 21.8 Å². The van der Waals surface area contributed by atoms with Gasteiger partial charge >= 0.3 is 11.9 Å². The number of hydrogen-bond acceptors (Lipinski definition) is 12. The third-order valence-electron chi connectivity index (χ3n) is 7.66. The number of carbonyl (C=O) groups excluding carboxylic acids is 2. The minimum Gasteiger partial charge on any atom is -0.461 e. The van der Waals surface area contributed by atoms with E-state index >= 15 is 0 Å². The number of aromatic nitrogens is 3. The summed E-state index contributed by atoms with van der Waals surface area (Å²) < 4.78 is 11.0. The summed E-state index contributed by atoms with van der Waals surface area (Å²) in [5.74, 6) is -1.14. The van der Waals surface area contributed by atoms with E-state index in [9.17, 15) is 9.59 Å². The number of anilines is 1. The van der Waals surface area contributed by atoms with Gasteiger partial charge in [0.1, 0.15) is 11.4 Å². The van der Waals surface area contributed by atoms with Gasteiger partial charge in [-0.2, -0.15) is 15.0 Å². The lowest BCUT2D eigenvalue weighted by Gasteiger charge is -2.46. The van der Waals surface area contributed by atoms with Gasteiger partial charge in [0.25, 0.3) is 11.9 Å². The maximum absolute atomic E-state index is 13.4. The van der Waals surface area contributed by atoms with Crippen LogP contribution in [0.1, 0.15) is 116 Å². The molecule has 12 heteroatoms. The highest BCUT2D eigenvalue weighted by Gasteiger charge is 2.43. The van der Waals surface area contributed by atoms with E-state index in [1.807, 2.05) is 20.8 Å². The van der Waals surface area contributed by atoms with Crippen molar-refractivity contribution < 1.29 is 19.1 Å². The summed E-state index contributed by atoms with van der Waals surface area (Å²) in [7, 11) is 0. The maximum atomic E-state index is 13.4. The minimum atomic E-state index is -0.502. The normalized spacial score (nSPS) is 22.1. The molecular weight excluding hydrogens is 572 g/mol. The van der Waals surface area contributed by atoms with Crippen molar-refractivity contribution in [1.29, 1.82) is 0 Å². The molecule has 0 atom stereocenters. The van der Waals surface area contributed by atoms with E-state index in [0.29, 0.717) is 25.7 Å². The van der Waals surface area contributed by atoms with Crippen LogP contribution in [-0.4, -0.2) is 79.2 Å². The molecule has 0 saturated carbocycles. The van der Waals surface area contributed by atoms with Gasteiger partial charge in [-0.3, -0.25) is 0 Å². The van der Waals surface area contributed by atoms with Crippen LogP contribution in [0.25, 0.3) is 0 Å². The first kappa shape index (κ1) is 36.5. The standard InChI is InChI=1S/C33H56N8O4/c1-14-44-24(42)22(20-16-30(6,7)40-31(8,9)17-20)34-26-36-27(38-28(37-26)39-29(3,4)5)35-23(25(43)45-15-2)21-18-32(10,11)41-33(12,13)19-21/h20-21,40-41H,14-19H2,1-13H3,(H,36,37,38,39). The molecule has 1 aromatic heterocycles. The van der Waals surface area contributed by atoms with Crippen molar-refractivity contribution in [3.63, 3.8) is 0 Å². The maximum Gasteiger partial charge on any atom is 0.353 e. The van der Waals surface area contributed by atoms with Crippen molar-refractivity contribution in [1.82, 2.24) is 25.6 Å². The first-order chi connectivity index (χ1) is 20.5. The SMILES string of the molecule is CCOC(=O)C(=Nc1nc(N=C(C(=O)OCC)C2CC(C)(C)NC(C)(C)C2)nc(NC(C)(C)C)n1)C1CC(C)(C)NC(C)(C)C1. The molecule has 0 radical (unpaired) electrons. The molecule has 0 aliphatic carbocycles. The lowest BCUT2D eigenvalue weighted by molar-refractivity contribution is -0.136. The summed E-state index contributed by atoms with van der Waals surface area (Å²) in [4.78, 5) is 50.0. The molecule has 2 aliphatic heterocycles. The van der Waals surface area contributed by atoms with Crippen LogP contribution >= 0.6 is 0 Å². The zero-order valence-electron chi connectivity index (χ0n) is 29.8. The second-order valence-corrected chi connectivity index (χ2v) is 16.1. The Morgan fingerprint density at radius 2 is 1.04 bits per heavy atom. The van der Waals surface area contributed by atoms with Gasteiger partial charge in [-0.05, 0) is 116 Å². The van der Waals surface area contributed by atoms with Crippen molar-refractivity contribution in [2.45, 2.75) is 143 Å². The zero-order valence-corrected chi connectivity index (χ0v) is 29.8. The lowest BCUT2D eigenvalue weighted by atomic mass is 9.74. The fourth-order valence-corrected chi connectivity index (χ4v) is 7.11. The average Bonchev–Trinajstić information content (AvgIpc) is 2.81. The first-order valence-corrected chi connectivity index (χ1v) is 16.2. The Bertz CT molecular complexity index is 1190. The Hall–Kier alpha value is -2.99. The third kappa shape index (κ3) is 10.8. The van der Waals surface area contributed by atoms with E-state index in [-0.39, 0.29) is 76.5 Å². The van der Waals surface area contributed by atoms with Crippen molar-refractivity contribution >= 4 is 41.2 Å². The Kier molecular flexibility index (Phi) is 10.9. The summed E-state index contributed by atoms with van der Waals surface area (Å²) in [5, 5.41) is 10.6. The number of ether oxygens (including phenoxy) is 2. The van der Waals surface area contributed by atoms with Gasteiger partial charge in [-0.15, -0.1) is 0 Å². The van der Waals surface area contributed by atoms with E-state index in [4.69, 9.17) is 19.5 Å². The Labute approximate surface area is 269 Å². The topological polar surface area (TPSA) is 152 Å². The fourth-order valence-electron chi connectivity index (χ4n) is 7.11. The van der Waals surface area contributed by atoms with Gasteiger partial charge in [0, 0.05) is 39.5 Å². The van der Waals surface area contributed by atoms with Crippen molar-refractivity contribution in [3.8, 4) is 0 Å². The highest BCUT2D eigenvalue weighted by Crippen LogP contribution is 2.36. The molecule has 1 aromatic rings. The highest BCUT2D eigenvalue weighted by molar-refractivity contribution is 6.38. The summed E-state index contributed by atoms with van der Waals surface area (Å²) in [6.45, 7) is 26.8. The van der Waals surface area contributed by atoms with Crippen LogP contribution in [-0.2, 0) is 19.1 Å². The first-order valence-electron chi connectivity index (χ1n) is 16.2. The number of carbonyl (C=O) groups is 2. The summed E-state index contributed by atoms with van der Waals surface area (Å²) >= 11 is 0. The molecule has 12 nitrogen and oxygen atoms in total. The van der Waals surface area contributed by atoms with E-state index < -0.39 is 17.5 Å². The van der Waals surface area contributed by atoms with Gasteiger partial charge in [0.2, 0.25) is 5.95 Å². The lowest BCUT2D eigenvalue weighted by Crippen LogP contribution is -2.59. The highest BCUT2D eigenvalue weighted by atomic mass is 16.5. The molecule has 0 aromatic carbocycles. The number of rotatable bonds is 9. The van der Waals surface area contributed by atoms with Gasteiger partial charge in [-0.25, -0.2) is 19.6 Å². The Balaban J connectivity index is 2.21. The zero-order chi connectivity index (χ0) is 34.0. The van der Waals surface area contributed by atoms with Crippen LogP contribution in [0.5, 0.6) is 0 Å². The fraction of sp³-hybridized carbons (Fsp3) is 0.788. The predicted octanol–water partition coefficient (Wildman–Crippen LogP) is 5.47. The van der Waals surface area contributed by atoms with Crippen LogP contribution in [0.4, 0.5) is 17.8 Å². The van der Waals surface area contributed by atoms with Gasteiger partial charge in [0.15, 0.2) is 0 Å². The number of nitrogens with one attached hydrogen (secondary N) is 3. The Morgan fingerprint density at radius 3 is 1.33 bits per heavy atom. The van der Waals surface area contributed by atoms with Gasteiger partial charge in [0.05, 0.1) is 13.2 Å². The molecule has 0 amide bonds. The van der Waals surface area contributed by atoms with Crippen LogP contribution in [0.2, 0.25) is 0 Å². The molecule has 3 rings (SSSR count). The summed E-state index contributed by atoms with van der Waals surface area (Å²) in [6.07, 6.45) is 2.69. The van der Waals surface area contributed by atoms with E-state index in [1.165, 1.54) is 0 Å². The van der Waals surface area contributed by atoms with E-state index in [0.717, 1.165) is 0 Å². The Morgan fingerprint density at radius 1 is 0.711 bits per heavy atom. The molecule has 2 aliphatic rings. The summed E-state index contributed by atoms with van der Waals surface area (Å²) in [6, 6.07) is 0. The van der Waals surface area contributed by atoms with Crippen LogP contribution < -0.4 is 16.0 Å². The molecule has 3 N–H and O–H groups in total. The van der Waals surface area contributed by atoms with E-state index in [2.05, 4.69) is 86.3 Å². The van der Waals surface area contributed by atoms with Gasteiger partial charge < -0.3 is 25.4 Å². The van der Waals surface area contributed by atoms with Crippen LogP contribution in [0, 0.1) is 11.8 Å². The molecule has 3 heterocycles. The smallest absolute Gasteiger partial charge is 0.353 e. The van der Waals surface area contributed by atoms with Gasteiger partial charge in [-0.1, -0.05) is 0 Å². The minimum absolute atomic E-state index is 0.0156. The molecule has 252 valence electrons.